The Morgan fingerprint density at radius 1 is 1.23 bits per heavy atom. The van der Waals surface area contributed by atoms with Crippen molar-refractivity contribution in [1.29, 1.82) is 0 Å². The summed E-state index contributed by atoms with van der Waals surface area (Å²) in [6.45, 7) is 1.84. The number of hydrogen-bond acceptors (Lipinski definition) is 3. The van der Waals surface area contributed by atoms with Gasteiger partial charge < -0.3 is 10.1 Å². The van der Waals surface area contributed by atoms with Gasteiger partial charge in [0, 0.05) is 12.6 Å². The molecule has 1 fully saturated rings. The molecule has 5 heteroatoms. The topological polar surface area (TPSA) is 41.6 Å². The van der Waals surface area contributed by atoms with Crippen LogP contribution in [0.25, 0.3) is 0 Å². The van der Waals surface area contributed by atoms with Crippen LogP contribution in [0.15, 0.2) is 48.5 Å². The molecule has 0 aliphatic carbocycles. The number of likely N-dealkylation sites (tertiary alicyclic amines) is 1. The van der Waals surface area contributed by atoms with Gasteiger partial charge in [0.2, 0.25) is 5.91 Å². The third kappa shape index (κ3) is 4.61. The molecule has 1 aliphatic rings. The lowest BCUT2D eigenvalue weighted by molar-refractivity contribution is -0.122. The molecule has 138 valence electrons. The van der Waals surface area contributed by atoms with Crippen molar-refractivity contribution in [2.24, 2.45) is 0 Å². The highest BCUT2D eigenvalue weighted by molar-refractivity contribution is 5.78. The predicted molar refractivity (Wildman–Crippen MR) is 99.7 cm³/mol. The molecule has 1 amide bonds. The van der Waals surface area contributed by atoms with E-state index < -0.39 is 0 Å². The van der Waals surface area contributed by atoms with E-state index in [2.05, 4.69) is 10.2 Å². The molecule has 1 N–H and O–H groups in total. The number of ether oxygens (including phenoxy) is 1. The van der Waals surface area contributed by atoms with E-state index in [1.165, 1.54) is 12.1 Å². The van der Waals surface area contributed by atoms with Crippen molar-refractivity contribution in [1.82, 2.24) is 10.2 Å². The van der Waals surface area contributed by atoms with Gasteiger partial charge in [-0.25, -0.2) is 4.39 Å². The smallest absolute Gasteiger partial charge is 0.234 e. The summed E-state index contributed by atoms with van der Waals surface area (Å²) in [5.41, 5.74) is 2.16. The Kier molecular flexibility index (Phi) is 6.23. The van der Waals surface area contributed by atoms with E-state index in [4.69, 9.17) is 4.74 Å². The number of carbonyl (C=O) groups is 1. The maximum Gasteiger partial charge on any atom is 0.234 e. The van der Waals surface area contributed by atoms with E-state index in [1.54, 1.807) is 7.11 Å². The number of hydrogen-bond donors (Lipinski definition) is 1. The van der Waals surface area contributed by atoms with Crippen LogP contribution in [-0.4, -0.2) is 37.6 Å². The van der Waals surface area contributed by atoms with Crippen molar-refractivity contribution in [3.63, 3.8) is 0 Å². The molecule has 1 saturated heterocycles. The number of methoxy groups -OCH3 is 1. The highest BCUT2D eigenvalue weighted by Crippen LogP contribution is 2.31. The predicted octanol–water partition coefficient (Wildman–Crippen LogP) is 3.33. The van der Waals surface area contributed by atoms with Crippen LogP contribution >= 0.6 is 0 Å². The van der Waals surface area contributed by atoms with Gasteiger partial charge >= 0.3 is 0 Å². The average molecular weight is 356 g/mol. The van der Waals surface area contributed by atoms with Gasteiger partial charge in [-0.15, -0.1) is 0 Å². The van der Waals surface area contributed by atoms with Gasteiger partial charge in [0.1, 0.15) is 11.6 Å². The third-order valence-electron chi connectivity index (χ3n) is 4.87. The number of nitrogens with zero attached hydrogens (tertiary/aromatic N) is 1. The van der Waals surface area contributed by atoms with Crippen LogP contribution in [0, 0.1) is 5.82 Å². The summed E-state index contributed by atoms with van der Waals surface area (Å²) in [7, 11) is 1.65. The molecule has 0 radical (unpaired) electrons. The number of halogens is 1. The summed E-state index contributed by atoms with van der Waals surface area (Å²) in [5.74, 6) is 0.638. The molecular formula is C21H25FN2O2. The van der Waals surface area contributed by atoms with Crippen LogP contribution < -0.4 is 10.1 Å². The van der Waals surface area contributed by atoms with Crippen molar-refractivity contribution in [2.45, 2.75) is 25.3 Å². The first-order valence-electron chi connectivity index (χ1n) is 9.05. The summed E-state index contributed by atoms with van der Waals surface area (Å²) in [6, 6.07) is 14.6. The fourth-order valence-electron chi connectivity index (χ4n) is 3.56. The quantitative estimate of drug-likeness (QED) is 0.827. The van der Waals surface area contributed by atoms with Crippen molar-refractivity contribution < 1.29 is 13.9 Å². The first-order chi connectivity index (χ1) is 12.7. The molecule has 26 heavy (non-hydrogen) atoms. The summed E-state index contributed by atoms with van der Waals surface area (Å²) in [5, 5.41) is 2.99. The average Bonchev–Trinajstić information content (AvgIpc) is 3.10. The Balaban J connectivity index is 1.50. The SMILES string of the molecule is COc1ccccc1CCNC(=O)CN1CCCC1c1ccc(F)cc1. The van der Waals surface area contributed by atoms with Crippen LogP contribution in [0.1, 0.15) is 30.0 Å². The molecule has 1 heterocycles. The fraction of sp³-hybridized carbons (Fsp3) is 0.381. The molecule has 1 unspecified atom stereocenters. The summed E-state index contributed by atoms with van der Waals surface area (Å²) < 4.78 is 18.5. The fourth-order valence-corrected chi connectivity index (χ4v) is 3.56. The number of rotatable bonds is 7. The highest BCUT2D eigenvalue weighted by Gasteiger charge is 2.27. The first-order valence-corrected chi connectivity index (χ1v) is 9.05. The molecule has 0 aromatic heterocycles. The Morgan fingerprint density at radius 2 is 2.00 bits per heavy atom. The Morgan fingerprint density at radius 3 is 2.77 bits per heavy atom. The van der Waals surface area contributed by atoms with Crippen LogP contribution in [-0.2, 0) is 11.2 Å². The van der Waals surface area contributed by atoms with Crippen molar-refractivity contribution in [3.8, 4) is 5.75 Å². The summed E-state index contributed by atoms with van der Waals surface area (Å²) in [6.07, 6.45) is 2.79. The zero-order chi connectivity index (χ0) is 18.4. The summed E-state index contributed by atoms with van der Waals surface area (Å²) >= 11 is 0. The minimum absolute atomic E-state index is 0.0221. The minimum atomic E-state index is -0.229. The van der Waals surface area contributed by atoms with Crippen molar-refractivity contribution >= 4 is 5.91 Å². The van der Waals surface area contributed by atoms with Crippen LogP contribution in [0.4, 0.5) is 4.39 Å². The zero-order valence-corrected chi connectivity index (χ0v) is 15.1. The molecule has 4 nitrogen and oxygen atoms in total. The number of nitrogens with one attached hydrogen (secondary N) is 1. The van der Waals surface area contributed by atoms with E-state index in [1.807, 2.05) is 36.4 Å². The van der Waals surface area contributed by atoms with Crippen LogP contribution in [0.2, 0.25) is 0 Å². The second kappa shape index (κ2) is 8.81. The molecule has 2 aromatic carbocycles. The zero-order valence-electron chi connectivity index (χ0n) is 15.1. The standard InChI is InChI=1S/C21H25FN2O2/c1-26-20-7-3-2-5-17(20)12-13-23-21(25)15-24-14-4-6-19(24)16-8-10-18(22)11-9-16/h2-3,5,7-11,19H,4,6,12-15H2,1H3,(H,23,25). The van der Waals surface area contributed by atoms with Gasteiger partial charge in [-0.2, -0.15) is 0 Å². The monoisotopic (exact) mass is 356 g/mol. The lowest BCUT2D eigenvalue weighted by Gasteiger charge is -2.24. The minimum Gasteiger partial charge on any atom is -0.496 e. The van der Waals surface area contributed by atoms with Gasteiger partial charge in [0.05, 0.1) is 13.7 Å². The van der Waals surface area contributed by atoms with Gasteiger partial charge in [-0.1, -0.05) is 30.3 Å². The molecular weight excluding hydrogens is 331 g/mol. The van der Waals surface area contributed by atoms with Crippen molar-refractivity contribution in [3.05, 3.63) is 65.5 Å². The number of amides is 1. The van der Waals surface area contributed by atoms with E-state index in [0.717, 1.165) is 42.7 Å². The third-order valence-corrected chi connectivity index (χ3v) is 4.87. The van der Waals surface area contributed by atoms with Gasteiger partial charge in [-0.05, 0) is 55.1 Å². The van der Waals surface area contributed by atoms with Gasteiger partial charge in [-0.3, -0.25) is 9.69 Å². The highest BCUT2D eigenvalue weighted by atomic mass is 19.1. The summed E-state index contributed by atoms with van der Waals surface area (Å²) in [4.78, 5) is 14.5. The van der Waals surface area contributed by atoms with Crippen LogP contribution in [0.5, 0.6) is 5.75 Å². The molecule has 1 aliphatic heterocycles. The largest absolute Gasteiger partial charge is 0.496 e. The Bertz CT molecular complexity index is 733. The molecule has 0 bridgehead atoms. The lowest BCUT2D eigenvalue weighted by Crippen LogP contribution is -2.37. The lowest BCUT2D eigenvalue weighted by atomic mass is 10.0. The number of carbonyl (C=O) groups excluding carboxylic acids is 1. The number of benzene rings is 2. The second-order valence-electron chi connectivity index (χ2n) is 6.59. The van der Waals surface area contributed by atoms with Crippen LogP contribution in [0.3, 0.4) is 0 Å². The first kappa shape index (κ1) is 18.4. The van der Waals surface area contributed by atoms with Gasteiger partial charge in [0.25, 0.3) is 0 Å². The maximum absolute atomic E-state index is 13.1. The van der Waals surface area contributed by atoms with E-state index in [0.29, 0.717) is 13.1 Å². The maximum atomic E-state index is 13.1. The molecule has 0 spiro atoms. The molecule has 0 saturated carbocycles. The van der Waals surface area contributed by atoms with E-state index >= 15 is 0 Å². The van der Waals surface area contributed by atoms with Crippen molar-refractivity contribution in [2.75, 3.05) is 26.7 Å². The normalized spacial score (nSPS) is 17.2. The second-order valence-corrected chi connectivity index (χ2v) is 6.59. The molecule has 3 rings (SSSR count). The Labute approximate surface area is 154 Å². The van der Waals surface area contributed by atoms with E-state index in [-0.39, 0.29) is 17.8 Å². The number of para-hydroxylation sites is 1. The molecule has 2 aromatic rings. The van der Waals surface area contributed by atoms with Gasteiger partial charge in [0.15, 0.2) is 0 Å². The Hall–Kier alpha value is -2.40. The molecule has 1 atom stereocenters. The van der Waals surface area contributed by atoms with E-state index in [9.17, 15) is 9.18 Å².